The van der Waals surface area contributed by atoms with Gasteiger partial charge in [0.15, 0.2) is 0 Å². The maximum absolute atomic E-state index is 12.4. The van der Waals surface area contributed by atoms with Crippen molar-refractivity contribution in [2.24, 2.45) is 0 Å². The molecule has 2 rings (SSSR count). The van der Waals surface area contributed by atoms with Crippen LogP contribution in [0.25, 0.3) is 0 Å². The summed E-state index contributed by atoms with van der Waals surface area (Å²) in [6.07, 6.45) is 2.33. The molecule has 6 heteroatoms. The lowest BCUT2D eigenvalue weighted by Gasteiger charge is -2.38. The summed E-state index contributed by atoms with van der Waals surface area (Å²) >= 11 is 1.10. The van der Waals surface area contributed by atoms with Crippen LogP contribution in [0, 0.1) is 0 Å². The first-order chi connectivity index (χ1) is 11.0. The van der Waals surface area contributed by atoms with Gasteiger partial charge in [-0.15, -0.1) is 0 Å². The van der Waals surface area contributed by atoms with E-state index >= 15 is 0 Å². The Kier molecular flexibility index (Phi) is 6.21. The summed E-state index contributed by atoms with van der Waals surface area (Å²) in [6.45, 7) is 1.88. The molecule has 0 aliphatic carbocycles. The number of likely N-dealkylation sites (tertiary alicyclic amines) is 1. The van der Waals surface area contributed by atoms with Gasteiger partial charge in [-0.1, -0.05) is 42.1 Å². The number of nitrogens with zero attached hydrogens (tertiary/aromatic N) is 1. The van der Waals surface area contributed by atoms with Crippen LogP contribution < -0.4 is 0 Å². The van der Waals surface area contributed by atoms with E-state index in [-0.39, 0.29) is 23.5 Å². The van der Waals surface area contributed by atoms with Gasteiger partial charge in [-0.3, -0.25) is 9.59 Å². The minimum Gasteiger partial charge on any atom is -0.480 e. The fourth-order valence-corrected chi connectivity index (χ4v) is 3.64. The fraction of sp³-hybridized carbons (Fsp3) is 0.471. The van der Waals surface area contributed by atoms with Crippen molar-refractivity contribution < 1.29 is 19.5 Å². The zero-order valence-corrected chi connectivity index (χ0v) is 13.9. The van der Waals surface area contributed by atoms with E-state index in [0.29, 0.717) is 17.7 Å². The first-order valence-electron chi connectivity index (χ1n) is 7.77. The summed E-state index contributed by atoms with van der Waals surface area (Å²) in [5, 5.41) is 9.21. The summed E-state index contributed by atoms with van der Waals surface area (Å²) in [5.41, 5.74) is 0.611. The van der Waals surface area contributed by atoms with Crippen molar-refractivity contribution in [1.82, 2.24) is 4.90 Å². The van der Waals surface area contributed by atoms with Crippen LogP contribution in [0.15, 0.2) is 30.3 Å². The van der Waals surface area contributed by atoms with E-state index in [1.54, 1.807) is 24.3 Å². The average molecular weight is 335 g/mol. The van der Waals surface area contributed by atoms with Crippen LogP contribution >= 0.6 is 11.8 Å². The smallest absolute Gasteiger partial charge is 0.326 e. The zero-order valence-electron chi connectivity index (χ0n) is 13.1. The molecule has 1 aromatic rings. The van der Waals surface area contributed by atoms with Gasteiger partial charge in [-0.25, -0.2) is 4.79 Å². The molecule has 5 nitrogen and oxygen atoms in total. The zero-order chi connectivity index (χ0) is 16.8. The number of hydrogen-bond acceptors (Lipinski definition) is 4. The predicted octanol–water partition coefficient (Wildman–Crippen LogP) is 2.80. The maximum atomic E-state index is 12.4. The topological polar surface area (TPSA) is 74.7 Å². The van der Waals surface area contributed by atoms with E-state index in [1.165, 1.54) is 4.90 Å². The van der Waals surface area contributed by atoms with Crippen LogP contribution in [0.4, 0.5) is 0 Å². The number of carbonyl (C=O) groups is 3. The Morgan fingerprint density at radius 3 is 2.57 bits per heavy atom. The lowest BCUT2D eigenvalue weighted by Crippen LogP contribution is -2.52. The average Bonchev–Trinajstić information content (AvgIpc) is 2.55. The number of carboxylic acid groups (broad SMARTS) is 1. The molecule has 124 valence electrons. The van der Waals surface area contributed by atoms with E-state index < -0.39 is 12.0 Å². The number of thioether (sulfide) groups is 1. The highest BCUT2D eigenvalue weighted by atomic mass is 32.2. The highest BCUT2D eigenvalue weighted by Gasteiger charge is 2.35. The van der Waals surface area contributed by atoms with Gasteiger partial charge in [0.05, 0.1) is 0 Å². The van der Waals surface area contributed by atoms with Crippen molar-refractivity contribution in [3.05, 3.63) is 35.9 Å². The van der Waals surface area contributed by atoms with Crippen LogP contribution in [-0.2, 0) is 9.59 Å². The van der Waals surface area contributed by atoms with Gasteiger partial charge >= 0.3 is 5.97 Å². The Balaban J connectivity index is 1.88. The number of carboxylic acids is 1. The van der Waals surface area contributed by atoms with E-state index in [0.717, 1.165) is 24.6 Å². The first-order valence-corrected chi connectivity index (χ1v) is 8.75. The number of carbonyl (C=O) groups excluding carboxylic acids is 2. The Morgan fingerprint density at radius 1 is 1.22 bits per heavy atom. The van der Waals surface area contributed by atoms with E-state index in [1.807, 2.05) is 13.0 Å². The van der Waals surface area contributed by atoms with Crippen molar-refractivity contribution in [3.8, 4) is 0 Å². The Hall–Kier alpha value is -1.82. The molecule has 0 aromatic heterocycles. The number of benzene rings is 1. The molecule has 0 bridgehead atoms. The van der Waals surface area contributed by atoms with Gasteiger partial charge in [0.2, 0.25) is 11.0 Å². The molecule has 23 heavy (non-hydrogen) atoms. The van der Waals surface area contributed by atoms with E-state index in [2.05, 4.69) is 0 Å². The molecule has 1 aromatic carbocycles. The van der Waals surface area contributed by atoms with Crippen molar-refractivity contribution in [2.75, 3.05) is 5.75 Å². The SMILES string of the molecule is C[C@H]1CCC[C@H](C(=O)O)N1C(=O)CCSC(=O)c1ccccc1. The van der Waals surface area contributed by atoms with Crippen molar-refractivity contribution in [3.63, 3.8) is 0 Å². The summed E-state index contributed by atoms with van der Waals surface area (Å²) in [6, 6.07) is 8.12. The molecule has 1 heterocycles. The maximum Gasteiger partial charge on any atom is 0.326 e. The molecule has 0 unspecified atom stereocenters. The third-order valence-corrected chi connectivity index (χ3v) is 4.95. The quantitative estimate of drug-likeness (QED) is 0.895. The lowest BCUT2D eigenvalue weighted by atomic mass is 9.96. The molecular weight excluding hydrogens is 314 g/mol. The molecular formula is C17H21NO4S. The molecule has 1 saturated heterocycles. The number of hydrogen-bond donors (Lipinski definition) is 1. The molecule has 1 aliphatic rings. The highest BCUT2D eigenvalue weighted by molar-refractivity contribution is 8.14. The molecule has 1 fully saturated rings. The van der Waals surface area contributed by atoms with Gasteiger partial charge in [-0.05, 0) is 26.2 Å². The van der Waals surface area contributed by atoms with Crippen LogP contribution in [0.3, 0.4) is 0 Å². The molecule has 1 N–H and O–H groups in total. The molecule has 0 radical (unpaired) electrons. The number of piperidine rings is 1. The summed E-state index contributed by atoms with van der Waals surface area (Å²) in [4.78, 5) is 37.2. The van der Waals surface area contributed by atoms with Gasteiger partial charge in [0, 0.05) is 23.8 Å². The summed E-state index contributed by atoms with van der Waals surface area (Å²) < 4.78 is 0. The summed E-state index contributed by atoms with van der Waals surface area (Å²) in [5.74, 6) is -0.766. The number of aliphatic carboxylic acids is 1. The fourth-order valence-electron chi connectivity index (χ4n) is 2.87. The molecule has 1 aliphatic heterocycles. The minimum absolute atomic E-state index is 0.0628. The molecule has 1 amide bonds. The Morgan fingerprint density at radius 2 is 1.91 bits per heavy atom. The number of amides is 1. The monoisotopic (exact) mass is 335 g/mol. The largest absolute Gasteiger partial charge is 0.480 e. The van der Waals surface area contributed by atoms with Crippen LogP contribution in [0.1, 0.15) is 43.0 Å². The van der Waals surface area contributed by atoms with Crippen LogP contribution in [0.5, 0.6) is 0 Å². The molecule has 0 spiro atoms. The Labute approximate surface area is 140 Å². The van der Waals surface area contributed by atoms with Gasteiger partial charge in [0.1, 0.15) is 6.04 Å². The second-order valence-corrected chi connectivity index (χ2v) is 6.75. The van der Waals surface area contributed by atoms with Crippen LogP contribution in [0.2, 0.25) is 0 Å². The highest BCUT2D eigenvalue weighted by Crippen LogP contribution is 2.24. The van der Waals surface area contributed by atoms with E-state index in [4.69, 9.17) is 0 Å². The number of rotatable bonds is 5. The van der Waals surface area contributed by atoms with Crippen LogP contribution in [-0.4, -0.2) is 44.8 Å². The lowest BCUT2D eigenvalue weighted by molar-refractivity contribution is -0.154. The Bertz CT molecular complexity index is 575. The van der Waals surface area contributed by atoms with Gasteiger partial charge < -0.3 is 10.0 Å². The second-order valence-electron chi connectivity index (χ2n) is 5.69. The third kappa shape index (κ3) is 4.58. The normalized spacial score (nSPS) is 21.0. The first kappa shape index (κ1) is 17.5. The minimum atomic E-state index is -0.946. The molecule has 0 saturated carbocycles. The van der Waals surface area contributed by atoms with Crippen molar-refractivity contribution >= 4 is 28.8 Å². The molecule has 2 atom stereocenters. The van der Waals surface area contributed by atoms with Gasteiger partial charge in [-0.2, -0.15) is 0 Å². The van der Waals surface area contributed by atoms with Crippen molar-refractivity contribution in [1.29, 1.82) is 0 Å². The summed E-state index contributed by atoms with van der Waals surface area (Å²) in [7, 11) is 0. The van der Waals surface area contributed by atoms with Crippen molar-refractivity contribution in [2.45, 2.75) is 44.7 Å². The standard InChI is InChI=1S/C17H21NO4S/c1-12-6-5-9-14(16(20)21)18(12)15(19)10-11-23-17(22)13-7-3-2-4-8-13/h2-4,7-8,12,14H,5-6,9-11H2,1H3,(H,20,21)/t12-,14+/m0/s1. The van der Waals surface area contributed by atoms with E-state index in [9.17, 15) is 19.5 Å². The van der Waals surface area contributed by atoms with Gasteiger partial charge in [0.25, 0.3) is 0 Å². The second kappa shape index (κ2) is 8.15. The predicted molar refractivity (Wildman–Crippen MR) is 89.4 cm³/mol. The third-order valence-electron chi connectivity index (χ3n) is 4.04.